The summed E-state index contributed by atoms with van der Waals surface area (Å²) in [5.41, 5.74) is 0.908. The first kappa shape index (κ1) is 10.7. The molecular weight excluding hydrogens is 307 g/mol. The number of H-pyrrole nitrogens is 1. The molecule has 0 atom stereocenters. The highest BCUT2D eigenvalue weighted by Gasteiger charge is 2.10. The van der Waals surface area contributed by atoms with E-state index >= 15 is 0 Å². The molecule has 0 fully saturated rings. The van der Waals surface area contributed by atoms with Crippen LogP contribution in [0.1, 0.15) is 0 Å². The molecule has 0 aliphatic carbocycles. The minimum absolute atomic E-state index is 0.264. The van der Waals surface area contributed by atoms with E-state index in [0.717, 1.165) is 8.79 Å². The van der Waals surface area contributed by atoms with E-state index in [4.69, 9.17) is 0 Å². The Morgan fingerprint density at radius 1 is 1.29 bits per heavy atom. The van der Waals surface area contributed by atoms with Gasteiger partial charge in [-0.05, 0) is 46.3 Å². The summed E-state index contributed by atoms with van der Waals surface area (Å²) in [6.45, 7) is 0. The van der Waals surface area contributed by atoms with Gasteiger partial charge in [-0.3, -0.25) is 4.57 Å². The zero-order valence-corrected chi connectivity index (χ0v) is 10.8. The lowest BCUT2D eigenvalue weighted by Gasteiger charge is -1.98. The number of fused-ring (bicyclic) bond motifs is 1. The zero-order chi connectivity index (χ0) is 12.0. The number of thiophene rings is 1. The molecule has 0 spiro atoms. The molecule has 0 amide bonds. The maximum atomic E-state index is 13.0. The number of benzene rings is 1. The molecule has 3 nitrogen and oxygen atoms in total. The largest absolute Gasteiger partial charge is 0.331 e. The van der Waals surface area contributed by atoms with Crippen LogP contribution in [0.2, 0.25) is 0 Å². The SMILES string of the molecule is O=c1[nH]c2cc(F)ccc2n1-c1ccc(Br)s1. The molecule has 17 heavy (non-hydrogen) atoms. The second-order valence-electron chi connectivity index (χ2n) is 3.50. The molecule has 0 saturated carbocycles. The van der Waals surface area contributed by atoms with E-state index in [1.165, 1.54) is 28.0 Å². The van der Waals surface area contributed by atoms with Gasteiger partial charge in [-0.1, -0.05) is 0 Å². The molecule has 3 aromatic rings. The van der Waals surface area contributed by atoms with Gasteiger partial charge >= 0.3 is 5.69 Å². The number of imidazole rings is 1. The van der Waals surface area contributed by atoms with E-state index in [2.05, 4.69) is 20.9 Å². The van der Waals surface area contributed by atoms with Gasteiger partial charge in [0.1, 0.15) is 10.8 Å². The number of rotatable bonds is 1. The highest BCUT2D eigenvalue weighted by molar-refractivity contribution is 9.11. The second kappa shape index (κ2) is 3.82. The Morgan fingerprint density at radius 3 is 2.82 bits per heavy atom. The van der Waals surface area contributed by atoms with Crippen LogP contribution in [0.3, 0.4) is 0 Å². The van der Waals surface area contributed by atoms with Crippen molar-refractivity contribution in [3.8, 4) is 5.00 Å². The van der Waals surface area contributed by atoms with E-state index in [0.29, 0.717) is 11.0 Å². The van der Waals surface area contributed by atoms with Crippen molar-refractivity contribution in [1.82, 2.24) is 9.55 Å². The Labute approximate surface area is 108 Å². The number of hydrogen-bond acceptors (Lipinski definition) is 2. The van der Waals surface area contributed by atoms with Crippen LogP contribution in [0.5, 0.6) is 0 Å². The van der Waals surface area contributed by atoms with E-state index in [-0.39, 0.29) is 11.5 Å². The summed E-state index contributed by atoms with van der Waals surface area (Å²) in [6, 6.07) is 7.96. The summed E-state index contributed by atoms with van der Waals surface area (Å²) in [7, 11) is 0. The summed E-state index contributed by atoms with van der Waals surface area (Å²) < 4.78 is 15.5. The van der Waals surface area contributed by atoms with E-state index < -0.39 is 0 Å². The smallest absolute Gasteiger partial charge is 0.305 e. The van der Waals surface area contributed by atoms with Crippen LogP contribution in [0.4, 0.5) is 4.39 Å². The van der Waals surface area contributed by atoms with E-state index in [1.807, 2.05) is 12.1 Å². The molecule has 86 valence electrons. The number of nitrogens with one attached hydrogen (secondary N) is 1. The fourth-order valence-corrected chi connectivity index (χ4v) is 3.10. The average molecular weight is 313 g/mol. The third-order valence-electron chi connectivity index (χ3n) is 2.42. The Bertz CT molecular complexity index is 758. The lowest BCUT2D eigenvalue weighted by Crippen LogP contribution is -2.13. The molecule has 3 rings (SSSR count). The predicted octanol–water partition coefficient (Wildman–Crippen LogP) is 3.28. The van der Waals surface area contributed by atoms with E-state index in [1.54, 1.807) is 6.07 Å². The predicted molar refractivity (Wildman–Crippen MR) is 69.4 cm³/mol. The Balaban J connectivity index is 2.36. The average Bonchev–Trinajstić information content (AvgIpc) is 2.80. The number of halogens is 2. The van der Waals surface area contributed by atoms with Gasteiger partial charge < -0.3 is 4.98 Å². The minimum Gasteiger partial charge on any atom is -0.305 e. The van der Waals surface area contributed by atoms with Crippen molar-refractivity contribution in [3.05, 3.63) is 50.4 Å². The zero-order valence-electron chi connectivity index (χ0n) is 8.41. The van der Waals surface area contributed by atoms with Crippen molar-refractivity contribution in [2.45, 2.75) is 0 Å². The maximum Gasteiger partial charge on any atom is 0.331 e. The molecule has 6 heteroatoms. The number of aromatic amines is 1. The first-order chi connectivity index (χ1) is 8.15. The Morgan fingerprint density at radius 2 is 2.12 bits per heavy atom. The van der Waals surface area contributed by atoms with Crippen LogP contribution in [0.25, 0.3) is 16.0 Å². The lowest BCUT2D eigenvalue weighted by atomic mass is 10.3. The van der Waals surface area contributed by atoms with Gasteiger partial charge in [0.2, 0.25) is 0 Å². The van der Waals surface area contributed by atoms with Crippen LogP contribution in [-0.4, -0.2) is 9.55 Å². The molecular formula is C11H6BrFN2OS. The minimum atomic E-state index is -0.363. The molecule has 1 N–H and O–H groups in total. The van der Waals surface area contributed by atoms with Gasteiger partial charge in [-0.15, -0.1) is 11.3 Å². The summed E-state index contributed by atoms with van der Waals surface area (Å²) in [6.07, 6.45) is 0. The summed E-state index contributed by atoms with van der Waals surface area (Å²) in [5.74, 6) is -0.363. The van der Waals surface area contributed by atoms with Gasteiger partial charge in [0.05, 0.1) is 14.8 Å². The normalized spacial score (nSPS) is 11.2. The summed E-state index contributed by atoms with van der Waals surface area (Å²) in [5, 5.41) is 0.791. The third-order valence-corrected chi connectivity index (χ3v) is 4.03. The van der Waals surface area contributed by atoms with Gasteiger partial charge in [0.15, 0.2) is 0 Å². The van der Waals surface area contributed by atoms with Gasteiger partial charge in [0.25, 0.3) is 0 Å². The Hall–Kier alpha value is -1.40. The monoisotopic (exact) mass is 312 g/mol. The Kier molecular flexibility index (Phi) is 2.41. The second-order valence-corrected chi connectivity index (χ2v) is 5.95. The molecule has 0 aliphatic heterocycles. The van der Waals surface area contributed by atoms with Gasteiger partial charge in [-0.25, -0.2) is 9.18 Å². The fourth-order valence-electron chi connectivity index (χ4n) is 1.73. The van der Waals surface area contributed by atoms with Crippen molar-refractivity contribution in [3.63, 3.8) is 0 Å². The first-order valence-corrected chi connectivity index (χ1v) is 6.42. The molecule has 0 aliphatic rings. The van der Waals surface area contributed by atoms with Crippen LogP contribution < -0.4 is 5.69 Å². The highest BCUT2D eigenvalue weighted by Crippen LogP contribution is 2.26. The number of aromatic nitrogens is 2. The van der Waals surface area contributed by atoms with Crippen molar-refractivity contribution in [1.29, 1.82) is 0 Å². The molecule has 2 aromatic heterocycles. The molecule has 2 heterocycles. The summed E-state index contributed by atoms with van der Waals surface area (Å²) >= 11 is 4.80. The lowest BCUT2D eigenvalue weighted by molar-refractivity contribution is 0.629. The number of hydrogen-bond donors (Lipinski definition) is 1. The van der Waals surface area contributed by atoms with Crippen LogP contribution in [-0.2, 0) is 0 Å². The van der Waals surface area contributed by atoms with Crippen LogP contribution in [0, 0.1) is 5.82 Å². The highest BCUT2D eigenvalue weighted by atomic mass is 79.9. The first-order valence-electron chi connectivity index (χ1n) is 4.81. The maximum absolute atomic E-state index is 13.0. The quantitative estimate of drug-likeness (QED) is 0.735. The van der Waals surface area contributed by atoms with Gasteiger partial charge in [0, 0.05) is 0 Å². The third kappa shape index (κ3) is 1.73. The van der Waals surface area contributed by atoms with Crippen molar-refractivity contribution in [2.24, 2.45) is 0 Å². The topological polar surface area (TPSA) is 37.8 Å². The molecule has 0 bridgehead atoms. The van der Waals surface area contributed by atoms with Crippen molar-refractivity contribution in [2.75, 3.05) is 0 Å². The van der Waals surface area contributed by atoms with Crippen molar-refractivity contribution >= 4 is 38.3 Å². The fraction of sp³-hybridized carbons (Fsp3) is 0. The number of nitrogens with zero attached hydrogens (tertiary/aromatic N) is 1. The van der Waals surface area contributed by atoms with Crippen LogP contribution >= 0.6 is 27.3 Å². The van der Waals surface area contributed by atoms with Crippen molar-refractivity contribution < 1.29 is 4.39 Å². The molecule has 0 saturated heterocycles. The summed E-state index contributed by atoms with van der Waals surface area (Å²) in [4.78, 5) is 14.5. The molecule has 1 aromatic carbocycles. The molecule has 0 unspecified atom stereocenters. The van der Waals surface area contributed by atoms with Crippen LogP contribution in [0.15, 0.2) is 38.9 Å². The standard InChI is InChI=1S/C11H6BrFN2OS/c12-9-3-4-10(17-9)15-8-2-1-6(13)5-7(8)14-11(15)16/h1-5H,(H,14,16). The van der Waals surface area contributed by atoms with Gasteiger partial charge in [-0.2, -0.15) is 0 Å². The molecule has 0 radical (unpaired) electrons. The van der Waals surface area contributed by atoms with E-state index in [9.17, 15) is 9.18 Å².